The Labute approximate surface area is 99.0 Å². The van der Waals surface area contributed by atoms with Crippen molar-refractivity contribution in [2.24, 2.45) is 0 Å². The molecule has 0 atom stereocenters. The number of carbonyl (C=O) groups excluding carboxylic acids is 1. The van der Waals surface area contributed by atoms with Crippen molar-refractivity contribution in [2.75, 3.05) is 13.7 Å². The normalized spacial score (nSPS) is 9.82. The fourth-order valence-corrected chi connectivity index (χ4v) is 1.50. The second kappa shape index (κ2) is 5.34. The molecule has 1 aromatic carbocycles. The van der Waals surface area contributed by atoms with Gasteiger partial charge in [-0.15, -0.1) is 0 Å². The summed E-state index contributed by atoms with van der Waals surface area (Å²) in [5.41, 5.74) is 0.854. The van der Waals surface area contributed by atoms with E-state index in [1.807, 2.05) is 0 Å². The highest BCUT2D eigenvalue weighted by Gasteiger charge is 2.19. The van der Waals surface area contributed by atoms with Crippen LogP contribution in [0, 0.1) is 6.92 Å². The highest BCUT2D eigenvalue weighted by molar-refractivity contribution is 5.97. The molecule has 17 heavy (non-hydrogen) atoms. The molecule has 0 aromatic heterocycles. The monoisotopic (exact) mass is 238 g/mol. The summed E-state index contributed by atoms with van der Waals surface area (Å²) >= 11 is 0. The highest BCUT2D eigenvalue weighted by Crippen LogP contribution is 2.25. The van der Waals surface area contributed by atoms with Crippen molar-refractivity contribution in [3.8, 4) is 5.75 Å². The van der Waals surface area contributed by atoms with Crippen LogP contribution in [0.3, 0.4) is 0 Å². The molecule has 0 unspecified atom stereocenters. The summed E-state index contributed by atoms with van der Waals surface area (Å²) in [7, 11) is 1.38. The van der Waals surface area contributed by atoms with Crippen LogP contribution in [0.2, 0.25) is 0 Å². The van der Waals surface area contributed by atoms with Crippen LogP contribution >= 0.6 is 0 Å². The summed E-state index contributed by atoms with van der Waals surface area (Å²) in [5, 5.41) is 8.89. The first-order valence-electron chi connectivity index (χ1n) is 5.10. The highest BCUT2D eigenvalue weighted by atomic mass is 16.5. The number of esters is 1. The number of rotatable bonds is 4. The maximum atomic E-state index is 11.7. The van der Waals surface area contributed by atoms with Gasteiger partial charge in [-0.1, -0.05) is 0 Å². The minimum absolute atomic E-state index is 0.0763. The van der Waals surface area contributed by atoms with Crippen molar-refractivity contribution in [1.29, 1.82) is 0 Å². The Morgan fingerprint density at radius 2 is 2.00 bits per heavy atom. The first-order chi connectivity index (χ1) is 8.01. The minimum atomic E-state index is -1.07. The molecule has 0 radical (unpaired) electrons. The first-order valence-corrected chi connectivity index (χ1v) is 5.10. The van der Waals surface area contributed by atoms with Crippen molar-refractivity contribution in [3.63, 3.8) is 0 Å². The van der Waals surface area contributed by atoms with Crippen LogP contribution in [0.4, 0.5) is 0 Å². The molecule has 0 aliphatic carbocycles. The van der Waals surface area contributed by atoms with Gasteiger partial charge in [-0.3, -0.25) is 0 Å². The zero-order valence-electron chi connectivity index (χ0n) is 9.94. The van der Waals surface area contributed by atoms with E-state index in [-0.39, 0.29) is 23.5 Å². The standard InChI is InChI=1S/C12H14O5/c1-4-17-12(15)10-7(2)5-8(11(13)14)6-9(10)16-3/h5-6H,4H2,1-3H3,(H,13,14). The third kappa shape index (κ3) is 2.75. The Hall–Kier alpha value is -2.04. The lowest BCUT2D eigenvalue weighted by molar-refractivity contribution is 0.0520. The average molecular weight is 238 g/mol. The molecule has 0 fully saturated rings. The SMILES string of the molecule is CCOC(=O)c1c(C)cc(C(=O)O)cc1OC. The molecule has 5 nitrogen and oxygen atoms in total. The van der Waals surface area contributed by atoms with Crippen LogP contribution in [-0.4, -0.2) is 30.8 Å². The van der Waals surface area contributed by atoms with E-state index in [9.17, 15) is 9.59 Å². The molecular weight excluding hydrogens is 224 g/mol. The lowest BCUT2D eigenvalue weighted by Gasteiger charge is -2.11. The van der Waals surface area contributed by atoms with Crippen molar-refractivity contribution in [3.05, 3.63) is 28.8 Å². The van der Waals surface area contributed by atoms with E-state index in [1.54, 1.807) is 13.8 Å². The summed E-state index contributed by atoms with van der Waals surface area (Å²) in [6.45, 7) is 3.59. The van der Waals surface area contributed by atoms with Crippen LogP contribution in [0.1, 0.15) is 33.2 Å². The fourth-order valence-electron chi connectivity index (χ4n) is 1.50. The lowest BCUT2D eigenvalue weighted by Crippen LogP contribution is -2.10. The number of methoxy groups -OCH3 is 1. The van der Waals surface area contributed by atoms with Gasteiger partial charge in [-0.2, -0.15) is 0 Å². The number of aryl methyl sites for hydroxylation is 1. The van der Waals surface area contributed by atoms with Crippen LogP contribution in [0.5, 0.6) is 5.75 Å². The predicted octanol–water partition coefficient (Wildman–Crippen LogP) is 1.88. The quantitative estimate of drug-likeness (QED) is 0.811. The van der Waals surface area contributed by atoms with Gasteiger partial charge in [0, 0.05) is 0 Å². The van der Waals surface area contributed by atoms with E-state index in [4.69, 9.17) is 14.6 Å². The molecule has 0 saturated carbocycles. The largest absolute Gasteiger partial charge is 0.496 e. The van der Waals surface area contributed by atoms with Crippen LogP contribution in [0.15, 0.2) is 12.1 Å². The number of hydrogen-bond donors (Lipinski definition) is 1. The maximum Gasteiger partial charge on any atom is 0.342 e. The molecule has 0 heterocycles. The van der Waals surface area contributed by atoms with Gasteiger partial charge in [-0.05, 0) is 31.5 Å². The zero-order chi connectivity index (χ0) is 13.0. The van der Waals surface area contributed by atoms with E-state index in [1.165, 1.54) is 19.2 Å². The third-order valence-corrected chi connectivity index (χ3v) is 2.25. The number of aromatic carboxylic acids is 1. The molecule has 1 rings (SSSR count). The van der Waals surface area contributed by atoms with Gasteiger partial charge >= 0.3 is 11.9 Å². The molecule has 0 aliphatic rings. The predicted molar refractivity (Wildman–Crippen MR) is 60.6 cm³/mol. The molecule has 0 amide bonds. The smallest absolute Gasteiger partial charge is 0.342 e. The van der Waals surface area contributed by atoms with Gasteiger partial charge in [0.2, 0.25) is 0 Å². The molecule has 0 bridgehead atoms. The number of hydrogen-bond acceptors (Lipinski definition) is 4. The van der Waals surface area contributed by atoms with Crippen molar-refractivity contribution >= 4 is 11.9 Å². The molecule has 0 saturated heterocycles. The average Bonchev–Trinajstić information content (AvgIpc) is 2.27. The summed E-state index contributed by atoms with van der Waals surface area (Å²) in [6, 6.07) is 2.72. The Bertz CT molecular complexity index is 450. The molecule has 5 heteroatoms. The molecule has 0 spiro atoms. The second-order valence-corrected chi connectivity index (χ2v) is 3.40. The fraction of sp³-hybridized carbons (Fsp3) is 0.333. The molecule has 1 aromatic rings. The lowest BCUT2D eigenvalue weighted by atomic mass is 10.0. The van der Waals surface area contributed by atoms with E-state index in [0.717, 1.165) is 0 Å². The summed E-state index contributed by atoms with van der Waals surface area (Å²) < 4.78 is 9.91. The van der Waals surface area contributed by atoms with Crippen LogP contribution < -0.4 is 4.74 Å². The van der Waals surface area contributed by atoms with E-state index in [2.05, 4.69) is 0 Å². The van der Waals surface area contributed by atoms with Gasteiger partial charge in [0.1, 0.15) is 11.3 Å². The van der Waals surface area contributed by atoms with Gasteiger partial charge in [0.25, 0.3) is 0 Å². The van der Waals surface area contributed by atoms with Crippen LogP contribution in [-0.2, 0) is 4.74 Å². The van der Waals surface area contributed by atoms with E-state index >= 15 is 0 Å². The van der Waals surface area contributed by atoms with Crippen molar-refractivity contribution in [2.45, 2.75) is 13.8 Å². The number of benzene rings is 1. The molecular formula is C12H14O5. The molecule has 1 N–H and O–H groups in total. The van der Waals surface area contributed by atoms with E-state index in [0.29, 0.717) is 5.56 Å². The zero-order valence-corrected chi connectivity index (χ0v) is 9.94. The van der Waals surface area contributed by atoms with Gasteiger partial charge < -0.3 is 14.6 Å². The van der Waals surface area contributed by atoms with Crippen LogP contribution in [0.25, 0.3) is 0 Å². The molecule has 0 aliphatic heterocycles. The number of carboxylic acids is 1. The summed E-state index contributed by atoms with van der Waals surface area (Å²) in [4.78, 5) is 22.5. The van der Waals surface area contributed by atoms with Gasteiger partial charge in [-0.25, -0.2) is 9.59 Å². The Kier molecular flexibility index (Phi) is 4.09. The number of ether oxygens (including phenoxy) is 2. The van der Waals surface area contributed by atoms with Gasteiger partial charge in [0.15, 0.2) is 0 Å². The minimum Gasteiger partial charge on any atom is -0.496 e. The first kappa shape index (κ1) is 13.0. The Morgan fingerprint density at radius 3 is 2.47 bits per heavy atom. The second-order valence-electron chi connectivity index (χ2n) is 3.40. The van der Waals surface area contributed by atoms with Crippen molar-refractivity contribution in [1.82, 2.24) is 0 Å². The summed E-state index contributed by atoms with van der Waals surface area (Å²) in [5.74, 6) is -1.37. The Morgan fingerprint density at radius 1 is 1.35 bits per heavy atom. The third-order valence-electron chi connectivity index (χ3n) is 2.25. The maximum absolute atomic E-state index is 11.7. The number of carboxylic acid groups (broad SMARTS) is 1. The Balaban J connectivity index is 3.30. The molecule has 92 valence electrons. The summed E-state index contributed by atoms with van der Waals surface area (Å²) in [6.07, 6.45) is 0. The van der Waals surface area contributed by atoms with E-state index < -0.39 is 11.9 Å². The van der Waals surface area contributed by atoms with Gasteiger partial charge in [0.05, 0.1) is 19.3 Å². The number of carbonyl (C=O) groups is 2. The van der Waals surface area contributed by atoms with Crippen molar-refractivity contribution < 1.29 is 24.2 Å². The topological polar surface area (TPSA) is 72.8 Å².